The van der Waals surface area contributed by atoms with Gasteiger partial charge >= 0.3 is 0 Å². The first-order chi connectivity index (χ1) is 11.5. The lowest BCUT2D eigenvalue weighted by atomic mass is 10.2. The standard InChI is InChI=1S/C17H22N4O3/c1-3-18-15(22)11-21(4-2)16(23)10-9-14-19-13-8-6-5-7-12(13)17(24)20-14/h5-8H,3-4,9-11H2,1-2H3,(H,18,22)(H,19,20,24). The quantitative estimate of drug-likeness (QED) is 0.786. The molecule has 0 bridgehead atoms. The van der Waals surface area contributed by atoms with E-state index in [9.17, 15) is 14.4 Å². The lowest BCUT2D eigenvalue weighted by molar-refractivity contribution is -0.135. The Kier molecular flexibility index (Phi) is 6.06. The van der Waals surface area contributed by atoms with Gasteiger partial charge in [-0.3, -0.25) is 14.4 Å². The molecule has 7 heteroatoms. The van der Waals surface area contributed by atoms with E-state index >= 15 is 0 Å². The second-order valence-corrected chi connectivity index (χ2v) is 5.39. The molecule has 128 valence electrons. The number of hydrogen-bond donors (Lipinski definition) is 2. The molecule has 0 fully saturated rings. The van der Waals surface area contributed by atoms with E-state index in [1.807, 2.05) is 19.9 Å². The van der Waals surface area contributed by atoms with Gasteiger partial charge in [0.2, 0.25) is 11.8 Å². The number of carbonyl (C=O) groups excluding carboxylic acids is 2. The van der Waals surface area contributed by atoms with Crippen molar-refractivity contribution in [2.24, 2.45) is 0 Å². The maximum absolute atomic E-state index is 12.3. The van der Waals surface area contributed by atoms with Crippen molar-refractivity contribution in [3.63, 3.8) is 0 Å². The molecule has 2 rings (SSSR count). The van der Waals surface area contributed by atoms with Crippen LogP contribution in [0, 0.1) is 0 Å². The number of rotatable bonds is 7. The van der Waals surface area contributed by atoms with Crippen molar-refractivity contribution in [2.45, 2.75) is 26.7 Å². The van der Waals surface area contributed by atoms with Crippen molar-refractivity contribution < 1.29 is 9.59 Å². The van der Waals surface area contributed by atoms with Crippen molar-refractivity contribution in [3.05, 3.63) is 40.4 Å². The van der Waals surface area contributed by atoms with Crippen LogP contribution in [-0.4, -0.2) is 46.3 Å². The van der Waals surface area contributed by atoms with Crippen LogP contribution >= 0.6 is 0 Å². The Bertz CT molecular complexity index is 785. The molecule has 0 saturated carbocycles. The maximum atomic E-state index is 12.3. The lowest BCUT2D eigenvalue weighted by Gasteiger charge is -2.20. The first-order valence-corrected chi connectivity index (χ1v) is 8.07. The molecule has 1 heterocycles. The number of carbonyl (C=O) groups is 2. The van der Waals surface area contributed by atoms with Crippen LogP contribution in [0.2, 0.25) is 0 Å². The number of nitrogens with zero attached hydrogens (tertiary/aromatic N) is 2. The van der Waals surface area contributed by atoms with E-state index in [4.69, 9.17) is 0 Å². The normalized spacial score (nSPS) is 10.6. The summed E-state index contributed by atoms with van der Waals surface area (Å²) < 4.78 is 0. The van der Waals surface area contributed by atoms with Gasteiger partial charge in [-0.25, -0.2) is 4.98 Å². The fourth-order valence-electron chi connectivity index (χ4n) is 2.44. The number of aryl methyl sites for hydroxylation is 1. The molecule has 0 aliphatic carbocycles. The van der Waals surface area contributed by atoms with E-state index in [2.05, 4.69) is 15.3 Å². The van der Waals surface area contributed by atoms with Crippen LogP contribution in [0.25, 0.3) is 10.9 Å². The summed E-state index contributed by atoms with van der Waals surface area (Å²) in [4.78, 5) is 44.5. The molecule has 7 nitrogen and oxygen atoms in total. The van der Waals surface area contributed by atoms with Gasteiger partial charge in [0.05, 0.1) is 17.4 Å². The minimum Gasteiger partial charge on any atom is -0.355 e. The summed E-state index contributed by atoms with van der Waals surface area (Å²) in [5.74, 6) is 0.158. The zero-order chi connectivity index (χ0) is 17.5. The monoisotopic (exact) mass is 330 g/mol. The van der Waals surface area contributed by atoms with Crippen LogP contribution in [0.1, 0.15) is 26.1 Å². The SMILES string of the molecule is CCNC(=O)CN(CC)C(=O)CCc1nc2ccccc2c(=O)[nH]1. The predicted molar refractivity (Wildman–Crippen MR) is 91.6 cm³/mol. The van der Waals surface area contributed by atoms with E-state index in [1.54, 1.807) is 18.2 Å². The van der Waals surface area contributed by atoms with Crippen LogP contribution < -0.4 is 10.9 Å². The highest BCUT2D eigenvalue weighted by atomic mass is 16.2. The van der Waals surface area contributed by atoms with Crippen LogP contribution in [0.3, 0.4) is 0 Å². The Balaban J connectivity index is 2.02. The van der Waals surface area contributed by atoms with Crippen LogP contribution in [-0.2, 0) is 16.0 Å². The molecule has 2 N–H and O–H groups in total. The minimum absolute atomic E-state index is 0.0465. The molecule has 2 amide bonds. The third-order valence-electron chi connectivity index (χ3n) is 3.68. The molecule has 0 aliphatic heterocycles. The van der Waals surface area contributed by atoms with Crippen LogP contribution in [0.15, 0.2) is 29.1 Å². The summed E-state index contributed by atoms with van der Waals surface area (Å²) in [6.45, 7) is 4.69. The number of aromatic amines is 1. The Hall–Kier alpha value is -2.70. The van der Waals surface area contributed by atoms with Gasteiger partial charge in [0.15, 0.2) is 0 Å². The van der Waals surface area contributed by atoms with Crippen LogP contribution in [0.4, 0.5) is 0 Å². The van der Waals surface area contributed by atoms with Gasteiger partial charge in [-0.2, -0.15) is 0 Å². The van der Waals surface area contributed by atoms with E-state index in [0.29, 0.717) is 36.2 Å². The van der Waals surface area contributed by atoms with E-state index in [-0.39, 0.29) is 30.3 Å². The highest BCUT2D eigenvalue weighted by Gasteiger charge is 2.15. The fraction of sp³-hybridized carbons (Fsp3) is 0.412. The topological polar surface area (TPSA) is 95.2 Å². The number of nitrogens with one attached hydrogen (secondary N) is 2. The molecule has 0 spiro atoms. The molecule has 24 heavy (non-hydrogen) atoms. The maximum Gasteiger partial charge on any atom is 0.258 e. The molecule has 1 aromatic heterocycles. The van der Waals surface area contributed by atoms with Crippen molar-refractivity contribution in [2.75, 3.05) is 19.6 Å². The zero-order valence-corrected chi connectivity index (χ0v) is 14.0. The summed E-state index contributed by atoms with van der Waals surface area (Å²) in [7, 11) is 0. The molecule has 0 radical (unpaired) electrons. The zero-order valence-electron chi connectivity index (χ0n) is 14.0. The molecule has 0 aliphatic rings. The summed E-state index contributed by atoms with van der Waals surface area (Å²) in [5, 5.41) is 3.20. The number of fused-ring (bicyclic) bond motifs is 1. The largest absolute Gasteiger partial charge is 0.355 e. The highest BCUT2D eigenvalue weighted by Crippen LogP contribution is 2.07. The lowest BCUT2D eigenvalue weighted by Crippen LogP contribution is -2.40. The highest BCUT2D eigenvalue weighted by molar-refractivity contribution is 5.84. The van der Waals surface area contributed by atoms with Gasteiger partial charge in [0, 0.05) is 25.9 Å². The molecule has 1 aromatic carbocycles. The molecule has 0 unspecified atom stereocenters. The van der Waals surface area contributed by atoms with Gasteiger partial charge in [0.25, 0.3) is 5.56 Å². The number of aromatic nitrogens is 2. The number of likely N-dealkylation sites (N-methyl/N-ethyl adjacent to an activating group) is 2. The summed E-state index contributed by atoms with van der Waals surface area (Å²) >= 11 is 0. The smallest absolute Gasteiger partial charge is 0.258 e. The fourth-order valence-corrected chi connectivity index (χ4v) is 2.44. The summed E-state index contributed by atoms with van der Waals surface area (Å²) in [6.07, 6.45) is 0.513. The number of para-hydroxylation sites is 1. The Labute approximate surface area is 140 Å². The second kappa shape index (κ2) is 8.24. The average Bonchev–Trinajstić information content (AvgIpc) is 2.58. The van der Waals surface area contributed by atoms with E-state index in [0.717, 1.165) is 0 Å². The van der Waals surface area contributed by atoms with Gasteiger partial charge in [-0.15, -0.1) is 0 Å². The van der Waals surface area contributed by atoms with E-state index < -0.39 is 0 Å². The first kappa shape index (κ1) is 17.7. The summed E-state index contributed by atoms with van der Waals surface area (Å²) in [6, 6.07) is 7.07. The van der Waals surface area contributed by atoms with Gasteiger partial charge < -0.3 is 15.2 Å². The Morgan fingerprint density at radius 1 is 1.25 bits per heavy atom. The third kappa shape index (κ3) is 4.41. The van der Waals surface area contributed by atoms with E-state index in [1.165, 1.54) is 4.90 Å². The van der Waals surface area contributed by atoms with Gasteiger partial charge in [-0.1, -0.05) is 12.1 Å². The van der Waals surface area contributed by atoms with Crippen molar-refractivity contribution >= 4 is 22.7 Å². The third-order valence-corrected chi connectivity index (χ3v) is 3.68. The molecule has 0 atom stereocenters. The van der Waals surface area contributed by atoms with Gasteiger partial charge in [0.1, 0.15) is 5.82 Å². The van der Waals surface area contributed by atoms with Crippen LogP contribution in [0.5, 0.6) is 0 Å². The number of hydrogen-bond acceptors (Lipinski definition) is 4. The Morgan fingerprint density at radius 2 is 2.00 bits per heavy atom. The van der Waals surface area contributed by atoms with Crippen molar-refractivity contribution in [3.8, 4) is 0 Å². The summed E-state index contributed by atoms with van der Waals surface area (Å²) in [5.41, 5.74) is 0.399. The number of amides is 2. The number of benzene rings is 1. The number of H-pyrrole nitrogens is 1. The molecular formula is C17H22N4O3. The first-order valence-electron chi connectivity index (χ1n) is 8.07. The Morgan fingerprint density at radius 3 is 2.71 bits per heavy atom. The predicted octanol–water partition coefficient (Wildman–Crippen LogP) is 0.840. The molecule has 0 saturated heterocycles. The molecule has 2 aromatic rings. The minimum atomic E-state index is -0.210. The van der Waals surface area contributed by atoms with Gasteiger partial charge in [-0.05, 0) is 26.0 Å². The molecular weight excluding hydrogens is 308 g/mol. The van der Waals surface area contributed by atoms with Crippen molar-refractivity contribution in [1.82, 2.24) is 20.2 Å². The average molecular weight is 330 g/mol. The second-order valence-electron chi connectivity index (χ2n) is 5.39. The van der Waals surface area contributed by atoms with Crippen molar-refractivity contribution in [1.29, 1.82) is 0 Å².